The van der Waals surface area contributed by atoms with E-state index in [1.807, 2.05) is 29.3 Å². The van der Waals surface area contributed by atoms with Gasteiger partial charge in [-0.15, -0.1) is 0 Å². The first-order valence-corrected chi connectivity index (χ1v) is 7.21. The SMILES string of the molecule is CN1CCC2(CC1)NC(=S)N(c1ccc(Cl)cc1)N2. The lowest BCUT2D eigenvalue weighted by molar-refractivity contribution is 0.159. The molecule has 0 bridgehead atoms. The Morgan fingerprint density at radius 2 is 1.84 bits per heavy atom. The molecular weight excluding hydrogens is 280 g/mol. The molecule has 2 saturated heterocycles. The van der Waals surface area contributed by atoms with Crippen molar-refractivity contribution in [3.05, 3.63) is 29.3 Å². The molecule has 0 unspecified atom stereocenters. The molecule has 1 spiro atoms. The van der Waals surface area contributed by atoms with Crippen LogP contribution < -0.4 is 15.8 Å². The summed E-state index contributed by atoms with van der Waals surface area (Å²) in [6.45, 7) is 2.13. The van der Waals surface area contributed by atoms with Crippen LogP contribution in [0.25, 0.3) is 0 Å². The fourth-order valence-corrected chi connectivity index (χ4v) is 3.03. The summed E-state index contributed by atoms with van der Waals surface area (Å²) < 4.78 is 0. The number of halogens is 1. The van der Waals surface area contributed by atoms with Crippen LogP contribution in [0.1, 0.15) is 12.8 Å². The molecule has 6 heteroatoms. The molecule has 1 aromatic rings. The smallest absolute Gasteiger partial charge is 0.189 e. The minimum atomic E-state index is -0.0940. The van der Waals surface area contributed by atoms with Crippen molar-refractivity contribution in [3.8, 4) is 0 Å². The number of rotatable bonds is 1. The zero-order valence-corrected chi connectivity index (χ0v) is 12.4. The zero-order valence-electron chi connectivity index (χ0n) is 10.8. The molecule has 2 aliphatic heterocycles. The molecule has 0 radical (unpaired) electrons. The van der Waals surface area contributed by atoms with Crippen molar-refractivity contribution >= 4 is 34.6 Å². The van der Waals surface area contributed by atoms with E-state index < -0.39 is 0 Å². The summed E-state index contributed by atoms with van der Waals surface area (Å²) >= 11 is 11.4. The van der Waals surface area contributed by atoms with Crippen LogP contribution in [0.5, 0.6) is 0 Å². The van der Waals surface area contributed by atoms with Crippen molar-refractivity contribution in [2.45, 2.75) is 18.5 Å². The van der Waals surface area contributed by atoms with Gasteiger partial charge in [-0.3, -0.25) is 5.01 Å². The number of thiocarbonyl (C=S) groups is 1. The summed E-state index contributed by atoms with van der Waals surface area (Å²) in [5.41, 5.74) is 4.44. The minimum absolute atomic E-state index is 0.0940. The van der Waals surface area contributed by atoms with E-state index in [1.165, 1.54) is 0 Å². The Morgan fingerprint density at radius 3 is 2.47 bits per heavy atom. The molecule has 2 heterocycles. The third-order valence-corrected chi connectivity index (χ3v) is 4.34. The highest BCUT2D eigenvalue weighted by atomic mass is 35.5. The van der Waals surface area contributed by atoms with Crippen molar-refractivity contribution in [2.24, 2.45) is 0 Å². The maximum Gasteiger partial charge on any atom is 0.189 e. The summed E-state index contributed by atoms with van der Waals surface area (Å²) in [6, 6.07) is 7.69. The maximum atomic E-state index is 5.92. The van der Waals surface area contributed by atoms with Crippen LogP contribution in [0.3, 0.4) is 0 Å². The minimum Gasteiger partial charge on any atom is -0.342 e. The second-order valence-corrected chi connectivity index (χ2v) is 6.06. The fraction of sp³-hybridized carbons (Fsp3) is 0.462. The third-order valence-electron chi connectivity index (χ3n) is 3.80. The molecule has 2 fully saturated rings. The van der Waals surface area contributed by atoms with Gasteiger partial charge < -0.3 is 10.2 Å². The van der Waals surface area contributed by atoms with Gasteiger partial charge >= 0.3 is 0 Å². The lowest BCUT2D eigenvalue weighted by Crippen LogP contribution is -2.57. The molecule has 19 heavy (non-hydrogen) atoms. The first kappa shape index (κ1) is 13.1. The van der Waals surface area contributed by atoms with Crippen molar-refractivity contribution < 1.29 is 0 Å². The van der Waals surface area contributed by atoms with Gasteiger partial charge in [-0.05, 0) is 56.4 Å². The first-order valence-electron chi connectivity index (χ1n) is 6.42. The van der Waals surface area contributed by atoms with Gasteiger partial charge in [0.05, 0.1) is 5.69 Å². The molecule has 2 aliphatic rings. The molecule has 0 atom stereocenters. The van der Waals surface area contributed by atoms with Gasteiger partial charge in [0.15, 0.2) is 5.11 Å². The largest absolute Gasteiger partial charge is 0.342 e. The normalized spacial score (nSPS) is 22.8. The zero-order chi connectivity index (χ0) is 13.5. The number of piperidine rings is 1. The molecule has 3 rings (SSSR count). The summed E-state index contributed by atoms with van der Waals surface area (Å²) in [4.78, 5) is 2.34. The summed E-state index contributed by atoms with van der Waals surface area (Å²) in [5.74, 6) is 0. The lowest BCUT2D eigenvalue weighted by atomic mass is 9.99. The average Bonchev–Trinajstić information content (AvgIpc) is 2.72. The number of benzene rings is 1. The molecule has 0 aliphatic carbocycles. The molecule has 0 saturated carbocycles. The van der Waals surface area contributed by atoms with Crippen LogP contribution in [0.15, 0.2) is 24.3 Å². The Bertz CT molecular complexity index is 482. The molecule has 1 aromatic carbocycles. The van der Waals surface area contributed by atoms with Crippen molar-refractivity contribution in [3.63, 3.8) is 0 Å². The number of nitrogens with one attached hydrogen (secondary N) is 2. The van der Waals surface area contributed by atoms with E-state index in [2.05, 4.69) is 22.7 Å². The van der Waals surface area contributed by atoms with Gasteiger partial charge in [0.25, 0.3) is 0 Å². The number of nitrogens with zero attached hydrogens (tertiary/aromatic N) is 2. The summed E-state index contributed by atoms with van der Waals surface area (Å²) in [5, 5.41) is 6.84. The molecular formula is C13H17ClN4S. The first-order chi connectivity index (χ1) is 9.08. The van der Waals surface area contributed by atoms with Gasteiger partial charge in [-0.2, -0.15) is 0 Å². The standard InChI is InChI=1S/C13H17ClN4S/c1-17-8-6-13(7-9-17)15-12(19)18(16-13)11-4-2-10(14)3-5-11/h2-5,16H,6-9H2,1H3,(H,15,19). The summed E-state index contributed by atoms with van der Waals surface area (Å²) in [6.07, 6.45) is 2.07. The Morgan fingerprint density at radius 1 is 1.21 bits per heavy atom. The maximum absolute atomic E-state index is 5.92. The van der Waals surface area contributed by atoms with Crippen LogP contribution in [0.4, 0.5) is 5.69 Å². The predicted octanol–water partition coefficient (Wildman–Crippen LogP) is 1.96. The van der Waals surface area contributed by atoms with E-state index in [0.717, 1.165) is 41.8 Å². The van der Waals surface area contributed by atoms with Crippen molar-refractivity contribution in [1.82, 2.24) is 15.6 Å². The van der Waals surface area contributed by atoms with E-state index in [1.54, 1.807) is 0 Å². The van der Waals surface area contributed by atoms with E-state index in [-0.39, 0.29) is 5.66 Å². The molecule has 2 N–H and O–H groups in total. The number of hydrazine groups is 1. The van der Waals surface area contributed by atoms with E-state index >= 15 is 0 Å². The van der Waals surface area contributed by atoms with Gasteiger partial charge in [0.2, 0.25) is 0 Å². The highest BCUT2D eigenvalue weighted by Crippen LogP contribution is 2.27. The lowest BCUT2D eigenvalue weighted by Gasteiger charge is -2.37. The number of likely N-dealkylation sites (tertiary alicyclic amines) is 1. The van der Waals surface area contributed by atoms with Gasteiger partial charge in [-0.25, -0.2) is 5.43 Å². The van der Waals surface area contributed by atoms with Gasteiger partial charge in [0, 0.05) is 18.1 Å². The number of hydrogen-bond donors (Lipinski definition) is 2. The molecule has 102 valence electrons. The number of anilines is 1. The average molecular weight is 297 g/mol. The van der Waals surface area contributed by atoms with Crippen LogP contribution in [-0.4, -0.2) is 35.8 Å². The quantitative estimate of drug-likeness (QED) is 0.774. The van der Waals surface area contributed by atoms with Crippen LogP contribution in [0.2, 0.25) is 5.02 Å². The molecule has 0 aromatic heterocycles. The number of hydrogen-bond acceptors (Lipinski definition) is 3. The Hall–Kier alpha value is -0.880. The molecule has 0 amide bonds. The monoisotopic (exact) mass is 296 g/mol. The Labute approximate surface area is 123 Å². The highest BCUT2D eigenvalue weighted by molar-refractivity contribution is 7.80. The van der Waals surface area contributed by atoms with Crippen molar-refractivity contribution in [1.29, 1.82) is 0 Å². The van der Waals surface area contributed by atoms with Gasteiger partial charge in [-0.1, -0.05) is 11.6 Å². The second-order valence-electron chi connectivity index (χ2n) is 5.24. The predicted molar refractivity (Wildman–Crippen MR) is 82.3 cm³/mol. The van der Waals surface area contributed by atoms with Crippen LogP contribution in [0, 0.1) is 0 Å². The Balaban J connectivity index is 1.78. The van der Waals surface area contributed by atoms with E-state index in [0.29, 0.717) is 0 Å². The topological polar surface area (TPSA) is 30.5 Å². The van der Waals surface area contributed by atoms with E-state index in [4.69, 9.17) is 23.8 Å². The summed E-state index contributed by atoms with van der Waals surface area (Å²) in [7, 11) is 2.15. The molecule has 4 nitrogen and oxygen atoms in total. The third kappa shape index (κ3) is 2.56. The van der Waals surface area contributed by atoms with Gasteiger partial charge in [0.1, 0.15) is 5.66 Å². The second kappa shape index (κ2) is 4.90. The van der Waals surface area contributed by atoms with Crippen molar-refractivity contribution in [2.75, 3.05) is 25.1 Å². The van der Waals surface area contributed by atoms with Crippen LogP contribution >= 0.6 is 23.8 Å². The Kier molecular flexibility index (Phi) is 3.39. The van der Waals surface area contributed by atoms with E-state index in [9.17, 15) is 0 Å². The fourth-order valence-electron chi connectivity index (χ4n) is 2.56. The highest BCUT2D eigenvalue weighted by Gasteiger charge is 2.42. The van der Waals surface area contributed by atoms with Crippen LogP contribution in [-0.2, 0) is 0 Å².